The van der Waals surface area contributed by atoms with Gasteiger partial charge < -0.3 is 4.74 Å². The van der Waals surface area contributed by atoms with Crippen LogP contribution in [0.1, 0.15) is 24.8 Å². The molecule has 5 heteroatoms. The Morgan fingerprint density at radius 1 is 1.28 bits per heavy atom. The number of ether oxygens (including phenoxy) is 1. The second-order valence-electron chi connectivity index (χ2n) is 3.85. The molecule has 0 N–H and O–H groups in total. The first-order valence-corrected chi connectivity index (χ1v) is 5.93. The molecule has 0 aliphatic heterocycles. The van der Waals surface area contributed by atoms with Gasteiger partial charge in [0.2, 0.25) is 0 Å². The number of carbonyl (C=O) groups is 2. The Labute approximate surface area is 110 Å². The van der Waals surface area contributed by atoms with Crippen LogP contribution in [0.2, 0.25) is 5.02 Å². The monoisotopic (exact) mass is 272 g/mol. The molecule has 3 nitrogen and oxygen atoms in total. The van der Waals surface area contributed by atoms with Crippen molar-refractivity contribution in [2.75, 3.05) is 7.11 Å². The Bertz CT molecular complexity index is 446. The van der Waals surface area contributed by atoms with Crippen molar-refractivity contribution in [3.8, 4) is 0 Å². The molecule has 1 rings (SSSR count). The number of methoxy groups -OCH3 is 1. The average molecular weight is 273 g/mol. The Hall–Kier alpha value is -1.42. The summed E-state index contributed by atoms with van der Waals surface area (Å²) in [6, 6.07) is 4.05. The fourth-order valence-corrected chi connectivity index (χ4v) is 1.69. The van der Waals surface area contributed by atoms with Crippen LogP contribution < -0.4 is 0 Å². The zero-order valence-electron chi connectivity index (χ0n) is 10.0. The maximum absolute atomic E-state index is 13.0. The molecule has 0 heterocycles. The minimum atomic E-state index is -0.410. The third kappa shape index (κ3) is 4.84. The first kappa shape index (κ1) is 14.6. The Balaban J connectivity index is 2.42. The summed E-state index contributed by atoms with van der Waals surface area (Å²) < 4.78 is 17.4. The predicted molar refractivity (Wildman–Crippen MR) is 66.0 cm³/mol. The molecule has 0 fully saturated rings. The molecule has 0 saturated carbocycles. The van der Waals surface area contributed by atoms with E-state index in [-0.39, 0.29) is 30.9 Å². The molecule has 0 amide bonds. The third-order valence-electron chi connectivity index (χ3n) is 2.52. The number of ketones is 1. The van der Waals surface area contributed by atoms with Crippen molar-refractivity contribution >= 4 is 23.4 Å². The number of carbonyl (C=O) groups excluding carboxylic acids is 2. The fourth-order valence-electron chi connectivity index (χ4n) is 1.48. The Kier molecular flexibility index (Phi) is 5.78. The van der Waals surface area contributed by atoms with Crippen LogP contribution in [0.25, 0.3) is 0 Å². The standard InChI is InChI=1S/C13H14ClFO3/c1-18-13(17)7-5-11(16)4-2-9-8-10(15)3-6-12(9)14/h3,6,8H,2,4-5,7H2,1H3. The lowest BCUT2D eigenvalue weighted by atomic mass is 10.0. The number of Topliss-reactive ketones (excluding diaryl/α,β-unsaturated/α-hetero) is 1. The molecule has 0 radical (unpaired) electrons. The van der Waals surface area contributed by atoms with Crippen LogP contribution in [-0.4, -0.2) is 18.9 Å². The van der Waals surface area contributed by atoms with E-state index in [0.29, 0.717) is 17.0 Å². The highest BCUT2D eigenvalue weighted by Crippen LogP contribution is 2.19. The summed E-state index contributed by atoms with van der Waals surface area (Å²) in [6.45, 7) is 0. The van der Waals surface area contributed by atoms with Crippen LogP contribution >= 0.6 is 11.6 Å². The van der Waals surface area contributed by atoms with Crippen molar-refractivity contribution < 1.29 is 18.7 Å². The van der Waals surface area contributed by atoms with E-state index >= 15 is 0 Å². The minimum Gasteiger partial charge on any atom is -0.469 e. The molecule has 98 valence electrons. The van der Waals surface area contributed by atoms with Gasteiger partial charge in [-0.15, -0.1) is 0 Å². The van der Waals surface area contributed by atoms with E-state index in [1.54, 1.807) is 0 Å². The maximum atomic E-state index is 13.0. The van der Waals surface area contributed by atoms with E-state index in [1.807, 2.05) is 0 Å². The van der Waals surface area contributed by atoms with Gasteiger partial charge >= 0.3 is 5.97 Å². The molecular weight excluding hydrogens is 259 g/mol. The second kappa shape index (κ2) is 7.11. The summed E-state index contributed by atoms with van der Waals surface area (Å²) >= 11 is 5.88. The zero-order chi connectivity index (χ0) is 13.5. The van der Waals surface area contributed by atoms with Crippen LogP contribution in [0.4, 0.5) is 4.39 Å². The minimum absolute atomic E-state index is 0.0688. The van der Waals surface area contributed by atoms with Crippen molar-refractivity contribution in [1.29, 1.82) is 0 Å². The zero-order valence-corrected chi connectivity index (χ0v) is 10.8. The SMILES string of the molecule is COC(=O)CCC(=O)CCc1cc(F)ccc1Cl. The quantitative estimate of drug-likeness (QED) is 0.748. The van der Waals surface area contributed by atoms with Gasteiger partial charge in [0, 0.05) is 17.9 Å². The molecule has 0 saturated heterocycles. The number of hydrogen-bond acceptors (Lipinski definition) is 3. The van der Waals surface area contributed by atoms with Crippen molar-refractivity contribution in [3.05, 3.63) is 34.6 Å². The van der Waals surface area contributed by atoms with Crippen molar-refractivity contribution in [2.45, 2.75) is 25.7 Å². The highest BCUT2D eigenvalue weighted by molar-refractivity contribution is 6.31. The summed E-state index contributed by atoms with van der Waals surface area (Å²) in [5, 5.41) is 0.442. The van der Waals surface area contributed by atoms with Crippen molar-refractivity contribution in [1.82, 2.24) is 0 Å². The van der Waals surface area contributed by atoms with Gasteiger partial charge in [-0.25, -0.2) is 4.39 Å². The summed E-state index contributed by atoms with van der Waals surface area (Å²) in [4.78, 5) is 22.3. The van der Waals surface area contributed by atoms with Crippen LogP contribution in [0.5, 0.6) is 0 Å². The van der Waals surface area contributed by atoms with E-state index < -0.39 is 5.97 Å². The average Bonchev–Trinajstić information content (AvgIpc) is 2.36. The van der Waals surface area contributed by atoms with Gasteiger partial charge in [-0.05, 0) is 30.2 Å². The maximum Gasteiger partial charge on any atom is 0.305 e. The van der Waals surface area contributed by atoms with E-state index in [0.717, 1.165) is 0 Å². The first-order chi connectivity index (χ1) is 8.52. The summed E-state index contributed by atoms with van der Waals surface area (Å²) in [5.41, 5.74) is 0.600. The van der Waals surface area contributed by atoms with Gasteiger partial charge in [-0.3, -0.25) is 9.59 Å². The summed E-state index contributed by atoms with van der Waals surface area (Å²) in [6.07, 6.45) is 0.822. The number of aryl methyl sites for hydroxylation is 1. The largest absolute Gasteiger partial charge is 0.469 e. The Morgan fingerprint density at radius 2 is 2.00 bits per heavy atom. The number of esters is 1. The summed E-state index contributed by atoms with van der Waals surface area (Å²) in [7, 11) is 1.28. The van der Waals surface area contributed by atoms with Crippen LogP contribution in [-0.2, 0) is 20.7 Å². The van der Waals surface area contributed by atoms with E-state index in [1.165, 1.54) is 25.3 Å². The smallest absolute Gasteiger partial charge is 0.305 e. The number of halogens is 2. The third-order valence-corrected chi connectivity index (χ3v) is 2.89. The van der Waals surface area contributed by atoms with Crippen LogP contribution in [0.15, 0.2) is 18.2 Å². The van der Waals surface area contributed by atoms with Crippen molar-refractivity contribution in [3.63, 3.8) is 0 Å². The van der Waals surface area contributed by atoms with Gasteiger partial charge in [-0.1, -0.05) is 11.6 Å². The van der Waals surface area contributed by atoms with Gasteiger partial charge in [0.05, 0.1) is 13.5 Å². The van der Waals surface area contributed by atoms with Crippen LogP contribution in [0.3, 0.4) is 0 Å². The van der Waals surface area contributed by atoms with E-state index in [4.69, 9.17) is 11.6 Å². The molecule has 0 spiro atoms. The van der Waals surface area contributed by atoms with Gasteiger partial charge in [0.25, 0.3) is 0 Å². The molecule has 0 aliphatic carbocycles. The normalized spacial score (nSPS) is 10.2. The molecule has 1 aromatic carbocycles. The molecule has 0 aromatic heterocycles. The summed E-state index contributed by atoms with van der Waals surface area (Å²) in [5.74, 6) is -0.857. The molecule has 1 aromatic rings. The van der Waals surface area contributed by atoms with Crippen LogP contribution in [0, 0.1) is 5.82 Å². The Morgan fingerprint density at radius 3 is 2.67 bits per heavy atom. The number of hydrogen-bond donors (Lipinski definition) is 0. The van der Waals surface area contributed by atoms with Gasteiger partial charge in [-0.2, -0.15) is 0 Å². The van der Waals surface area contributed by atoms with Crippen molar-refractivity contribution in [2.24, 2.45) is 0 Å². The number of rotatable bonds is 6. The predicted octanol–water partition coefficient (Wildman–Crippen LogP) is 2.93. The molecule has 0 atom stereocenters. The lowest BCUT2D eigenvalue weighted by Crippen LogP contribution is -2.06. The molecule has 0 aliphatic rings. The highest BCUT2D eigenvalue weighted by atomic mass is 35.5. The highest BCUT2D eigenvalue weighted by Gasteiger charge is 2.09. The van der Waals surface area contributed by atoms with E-state index in [2.05, 4.69) is 4.74 Å². The lowest BCUT2D eigenvalue weighted by molar-refractivity contribution is -0.141. The molecular formula is C13H14ClFO3. The first-order valence-electron chi connectivity index (χ1n) is 5.55. The fraction of sp³-hybridized carbons (Fsp3) is 0.385. The van der Waals surface area contributed by atoms with Gasteiger partial charge in [0.15, 0.2) is 0 Å². The van der Waals surface area contributed by atoms with Gasteiger partial charge in [0.1, 0.15) is 11.6 Å². The topological polar surface area (TPSA) is 43.4 Å². The molecule has 0 unspecified atom stereocenters. The second-order valence-corrected chi connectivity index (χ2v) is 4.26. The molecule has 18 heavy (non-hydrogen) atoms. The van der Waals surface area contributed by atoms with E-state index in [9.17, 15) is 14.0 Å². The number of benzene rings is 1. The lowest BCUT2D eigenvalue weighted by Gasteiger charge is -2.04. The molecule has 0 bridgehead atoms.